The number of hydrogen-bond donors (Lipinski definition) is 2. The highest BCUT2D eigenvalue weighted by Gasteiger charge is 2.31. The topological polar surface area (TPSA) is 82.5 Å². The molecule has 100 valence electrons. The molecule has 1 aromatic heterocycles. The summed E-state index contributed by atoms with van der Waals surface area (Å²) < 4.78 is 28.2. The molecule has 6 nitrogen and oxygen atoms in total. The van der Waals surface area contributed by atoms with E-state index in [0.717, 1.165) is 12.8 Å². The van der Waals surface area contributed by atoms with Gasteiger partial charge in [-0.3, -0.25) is 9.71 Å². The van der Waals surface area contributed by atoms with Crippen LogP contribution in [0.1, 0.15) is 19.3 Å². The number of anilines is 1. The highest BCUT2D eigenvalue weighted by molar-refractivity contribution is 7.90. The summed E-state index contributed by atoms with van der Waals surface area (Å²) >= 11 is 0. The van der Waals surface area contributed by atoms with Crippen LogP contribution in [0.2, 0.25) is 0 Å². The largest absolute Gasteiger partial charge is 0.395 e. The van der Waals surface area contributed by atoms with Crippen molar-refractivity contribution < 1.29 is 13.5 Å². The minimum Gasteiger partial charge on any atom is -0.395 e. The number of rotatable bonds is 4. The summed E-state index contributed by atoms with van der Waals surface area (Å²) in [5, 5.41) is 9.24. The van der Waals surface area contributed by atoms with Crippen LogP contribution in [-0.2, 0) is 10.2 Å². The van der Waals surface area contributed by atoms with Gasteiger partial charge in [-0.05, 0) is 25.0 Å². The van der Waals surface area contributed by atoms with Gasteiger partial charge < -0.3 is 5.11 Å². The van der Waals surface area contributed by atoms with Crippen LogP contribution in [0.4, 0.5) is 5.69 Å². The molecule has 0 spiro atoms. The Bertz CT molecular complexity index is 478. The third kappa shape index (κ3) is 2.98. The standard InChI is InChI=1S/C11H17N3O3S/c15-9-11-5-1-2-7-14(11)18(16,17)13-10-4-3-6-12-8-10/h3-4,6,8,11,13,15H,1-2,5,7,9H2. The molecule has 0 bridgehead atoms. The molecule has 0 radical (unpaired) electrons. The second kappa shape index (κ2) is 5.64. The average Bonchev–Trinajstić information content (AvgIpc) is 2.39. The summed E-state index contributed by atoms with van der Waals surface area (Å²) in [6.07, 6.45) is 5.50. The van der Waals surface area contributed by atoms with Gasteiger partial charge in [-0.25, -0.2) is 0 Å². The highest BCUT2D eigenvalue weighted by atomic mass is 32.2. The smallest absolute Gasteiger partial charge is 0.302 e. The van der Waals surface area contributed by atoms with Crippen LogP contribution < -0.4 is 4.72 Å². The summed E-state index contributed by atoms with van der Waals surface area (Å²) in [5.74, 6) is 0. The molecule has 2 N–H and O–H groups in total. The first-order chi connectivity index (χ1) is 8.63. The van der Waals surface area contributed by atoms with Gasteiger partial charge in [-0.15, -0.1) is 0 Å². The van der Waals surface area contributed by atoms with Crippen molar-refractivity contribution in [3.63, 3.8) is 0 Å². The second-order valence-electron chi connectivity index (χ2n) is 4.29. The van der Waals surface area contributed by atoms with Gasteiger partial charge in [0.1, 0.15) is 0 Å². The summed E-state index contributed by atoms with van der Waals surface area (Å²) in [7, 11) is -3.61. The first-order valence-electron chi connectivity index (χ1n) is 5.94. The Morgan fingerprint density at radius 3 is 3.00 bits per heavy atom. The number of hydrogen-bond acceptors (Lipinski definition) is 4. The predicted octanol–water partition coefficient (Wildman–Crippen LogP) is 0.585. The molecule has 0 aromatic carbocycles. The SMILES string of the molecule is O=S(=O)(Nc1cccnc1)N1CCCCC1CO. The lowest BCUT2D eigenvalue weighted by Crippen LogP contribution is -2.47. The lowest BCUT2D eigenvalue weighted by atomic mass is 10.1. The zero-order valence-electron chi connectivity index (χ0n) is 9.99. The molecule has 2 rings (SSSR count). The number of nitrogens with zero attached hydrogens (tertiary/aromatic N) is 2. The third-order valence-corrected chi connectivity index (χ3v) is 4.59. The molecule has 1 aromatic rings. The Labute approximate surface area is 107 Å². The van der Waals surface area contributed by atoms with Gasteiger partial charge in [-0.2, -0.15) is 12.7 Å². The van der Waals surface area contributed by atoms with E-state index in [1.807, 2.05) is 0 Å². The minimum atomic E-state index is -3.61. The Morgan fingerprint density at radius 1 is 1.50 bits per heavy atom. The van der Waals surface area contributed by atoms with Gasteiger partial charge >= 0.3 is 10.2 Å². The van der Waals surface area contributed by atoms with Crippen molar-refractivity contribution in [3.05, 3.63) is 24.5 Å². The summed E-state index contributed by atoms with van der Waals surface area (Å²) in [4.78, 5) is 3.86. The molecule has 1 fully saturated rings. The summed E-state index contributed by atoms with van der Waals surface area (Å²) in [5.41, 5.74) is 0.430. The molecular formula is C11H17N3O3S. The monoisotopic (exact) mass is 271 g/mol. The van der Waals surface area contributed by atoms with Crippen molar-refractivity contribution in [1.29, 1.82) is 0 Å². The van der Waals surface area contributed by atoms with E-state index in [9.17, 15) is 13.5 Å². The molecule has 1 aliphatic heterocycles. The zero-order chi connectivity index (χ0) is 13.0. The molecule has 1 aliphatic rings. The van der Waals surface area contributed by atoms with Gasteiger partial charge in [0.05, 0.1) is 18.5 Å². The van der Waals surface area contributed by atoms with E-state index < -0.39 is 10.2 Å². The molecule has 0 saturated carbocycles. The molecule has 1 saturated heterocycles. The average molecular weight is 271 g/mol. The van der Waals surface area contributed by atoms with Crippen LogP contribution >= 0.6 is 0 Å². The fourth-order valence-corrected chi connectivity index (χ4v) is 3.57. The number of pyridine rings is 1. The van der Waals surface area contributed by atoms with E-state index in [1.165, 1.54) is 10.5 Å². The van der Waals surface area contributed by atoms with Crippen molar-refractivity contribution in [2.75, 3.05) is 17.9 Å². The normalized spacial score (nSPS) is 21.7. The third-order valence-electron chi connectivity index (χ3n) is 3.00. The maximum Gasteiger partial charge on any atom is 0.302 e. The van der Waals surface area contributed by atoms with Gasteiger partial charge in [0.25, 0.3) is 0 Å². The van der Waals surface area contributed by atoms with E-state index >= 15 is 0 Å². The number of aliphatic hydroxyl groups excluding tert-OH is 1. The van der Waals surface area contributed by atoms with Crippen molar-refractivity contribution in [3.8, 4) is 0 Å². The maximum absolute atomic E-state index is 12.2. The van der Waals surface area contributed by atoms with E-state index in [2.05, 4.69) is 9.71 Å². The lowest BCUT2D eigenvalue weighted by molar-refractivity contribution is 0.156. The lowest BCUT2D eigenvalue weighted by Gasteiger charge is -2.33. The molecule has 2 heterocycles. The molecule has 7 heteroatoms. The Morgan fingerprint density at radius 2 is 2.33 bits per heavy atom. The van der Waals surface area contributed by atoms with Crippen LogP contribution in [0.15, 0.2) is 24.5 Å². The van der Waals surface area contributed by atoms with E-state index in [1.54, 1.807) is 18.3 Å². The van der Waals surface area contributed by atoms with Crippen molar-refractivity contribution in [2.45, 2.75) is 25.3 Å². The van der Waals surface area contributed by atoms with Gasteiger partial charge in [0, 0.05) is 18.8 Å². The zero-order valence-corrected chi connectivity index (χ0v) is 10.8. The number of nitrogens with one attached hydrogen (secondary N) is 1. The Kier molecular flexibility index (Phi) is 4.15. The summed E-state index contributed by atoms with van der Waals surface area (Å²) in [6, 6.07) is 2.98. The number of piperidine rings is 1. The summed E-state index contributed by atoms with van der Waals surface area (Å²) in [6.45, 7) is 0.300. The van der Waals surface area contributed by atoms with Crippen LogP contribution in [0.5, 0.6) is 0 Å². The van der Waals surface area contributed by atoms with E-state index in [-0.39, 0.29) is 12.6 Å². The number of aromatic nitrogens is 1. The van der Waals surface area contributed by atoms with Gasteiger partial charge in [-0.1, -0.05) is 6.42 Å². The predicted molar refractivity (Wildman–Crippen MR) is 68.2 cm³/mol. The van der Waals surface area contributed by atoms with E-state index in [4.69, 9.17) is 0 Å². The molecular weight excluding hydrogens is 254 g/mol. The van der Waals surface area contributed by atoms with Crippen molar-refractivity contribution >= 4 is 15.9 Å². The number of aliphatic hydroxyl groups is 1. The van der Waals surface area contributed by atoms with Crippen LogP contribution in [0, 0.1) is 0 Å². The first kappa shape index (κ1) is 13.3. The van der Waals surface area contributed by atoms with Crippen LogP contribution in [0.25, 0.3) is 0 Å². The molecule has 0 aliphatic carbocycles. The fourth-order valence-electron chi connectivity index (χ4n) is 2.10. The van der Waals surface area contributed by atoms with Crippen LogP contribution in [0.3, 0.4) is 0 Å². The molecule has 0 amide bonds. The second-order valence-corrected chi connectivity index (χ2v) is 5.91. The molecule has 18 heavy (non-hydrogen) atoms. The highest BCUT2D eigenvalue weighted by Crippen LogP contribution is 2.21. The maximum atomic E-state index is 12.2. The van der Waals surface area contributed by atoms with Crippen LogP contribution in [-0.4, -0.2) is 42.0 Å². The van der Waals surface area contributed by atoms with Gasteiger partial charge in [0.15, 0.2) is 0 Å². The molecule has 1 unspecified atom stereocenters. The van der Waals surface area contributed by atoms with E-state index in [0.29, 0.717) is 18.7 Å². The first-order valence-corrected chi connectivity index (χ1v) is 7.38. The Hall–Kier alpha value is -1.18. The Balaban J connectivity index is 2.14. The minimum absolute atomic E-state index is 0.145. The fraction of sp³-hybridized carbons (Fsp3) is 0.545. The molecule has 1 atom stereocenters. The quantitative estimate of drug-likeness (QED) is 0.839. The van der Waals surface area contributed by atoms with Crippen molar-refractivity contribution in [2.24, 2.45) is 0 Å². The van der Waals surface area contributed by atoms with Crippen molar-refractivity contribution in [1.82, 2.24) is 9.29 Å². The van der Waals surface area contributed by atoms with Gasteiger partial charge in [0.2, 0.25) is 0 Å².